The second kappa shape index (κ2) is 9.05. The van der Waals surface area contributed by atoms with E-state index in [9.17, 15) is 24.3 Å². The lowest BCUT2D eigenvalue weighted by Gasteiger charge is -2.43. The summed E-state index contributed by atoms with van der Waals surface area (Å²) in [7, 11) is 0. The molecular weight excluding hydrogens is 432 g/mol. The topological polar surface area (TPSA) is 95.0 Å². The predicted octanol–water partition coefficient (Wildman–Crippen LogP) is 3.23. The first-order valence-electron chi connectivity index (χ1n) is 12.0. The fraction of sp³-hybridized carbons (Fsp3) is 0.407. The summed E-state index contributed by atoms with van der Waals surface area (Å²) in [5, 5.41) is 9.73. The van der Waals surface area contributed by atoms with E-state index >= 15 is 0 Å². The van der Waals surface area contributed by atoms with Crippen LogP contribution in [0.2, 0.25) is 0 Å². The minimum Gasteiger partial charge on any atom is -0.481 e. The van der Waals surface area contributed by atoms with Crippen LogP contribution in [0.25, 0.3) is 0 Å². The number of carbonyl (C=O) groups excluding carboxylic acids is 3. The zero-order chi connectivity index (χ0) is 23.8. The Balaban J connectivity index is 1.48. The highest BCUT2D eigenvalue weighted by Gasteiger charge is 2.43. The van der Waals surface area contributed by atoms with Crippen LogP contribution in [0.1, 0.15) is 58.8 Å². The number of imide groups is 1. The smallest absolute Gasteiger partial charge is 0.307 e. The number of fused-ring (bicyclic) bond motifs is 2. The zero-order valence-electron chi connectivity index (χ0n) is 19.0. The van der Waals surface area contributed by atoms with Gasteiger partial charge in [-0.1, -0.05) is 55.3 Å². The normalized spacial score (nSPS) is 24.4. The number of hydrogen-bond acceptors (Lipinski definition) is 4. The summed E-state index contributed by atoms with van der Waals surface area (Å²) in [6.07, 6.45) is 3.50. The second-order valence-electron chi connectivity index (χ2n) is 9.48. The molecule has 0 spiro atoms. The molecule has 0 bridgehead atoms. The van der Waals surface area contributed by atoms with Crippen LogP contribution >= 0.6 is 0 Å². The first-order valence-corrected chi connectivity index (χ1v) is 12.0. The van der Waals surface area contributed by atoms with Gasteiger partial charge in [0.15, 0.2) is 0 Å². The molecule has 0 unspecified atom stereocenters. The van der Waals surface area contributed by atoms with E-state index in [0.29, 0.717) is 31.4 Å². The number of nitrogens with zero attached hydrogens (tertiary/aromatic N) is 2. The SMILES string of the molecule is O=C(O)[C@H]1CCCC[C@H]1C(=O)N1CCc2ccccc2[C@H]1CN1C(=O)Cc2ccccc2C1=O. The maximum atomic E-state index is 13.8. The standard InChI is InChI=1S/C27H28N2O5/c30-24-15-18-8-2-4-10-20(18)25(31)29(24)16-23-19-9-3-1-7-17(19)13-14-28(23)26(32)21-11-5-6-12-22(21)27(33)34/h1-4,7-10,21-23H,5-6,11-16H2,(H,33,34)/t21-,22+,23-/m1/s1. The van der Waals surface area contributed by atoms with Crippen molar-refractivity contribution >= 4 is 23.7 Å². The number of aliphatic carboxylic acids is 1. The highest BCUT2D eigenvalue weighted by atomic mass is 16.4. The Morgan fingerprint density at radius 1 is 0.912 bits per heavy atom. The first kappa shape index (κ1) is 22.3. The van der Waals surface area contributed by atoms with Crippen molar-refractivity contribution < 1.29 is 24.3 Å². The largest absolute Gasteiger partial charge is 0.481 e. The highest BCUT2D eigenvalue weighted by molar-refractivity contribution is 6.09. The van der Waals surface area contributed by atoms with Gasteiger partial charge >= 0.3 is 5.97 Å². The zero-order valence-corrected chi connectivity index (χ0v) is 19.0. The summed E-state index contributed by atoms with van der Waals surface area (Å²) < 4.78 is 0. The van der Waals surface area contributed by atoms with Crippen LogP contribution in [0, 0.1) is 11.8 Å². The fourth-order valence-electron chi connectivity index (χ4n) is 5.81. The lowest BCUT2D eigenvalue weighted by Crippen LogP contribution is -2.52. The number of carbonyl (C=O) groups is 4. The third-order valence-electron chi connectivity index (χ3n) is 7.59. The number of amides is 3. The van der Waals surface area contributed by atoms with Crippen LogP contribution in [0.3, 0.4) is 0 Å². The molecular formula is C27H28N2O5. The van der Waals surface area contributed by atoms with E-state index in [0.717, 1.165) is 29.5 Å². The molecule has 0 saturated heterocycles. The Bertz CT molecular complexity index is 1160. The molecule has 3 atom stereocenters. The molecule has 7 nitrogen and oxygen atoms in total. The van der Waals surface area contributed by atoms with Crippen LogP contribution in [-0.4, -0.2) is 51.7 Å². The van der Waals surface area contributed by atoms with Gasteiger partial charge in [0.05, 0.1) is 30.8 Å². The second-order valence-corrected chi connectivity index (χ2v) is 9.48. The van der Waals surface area contributed by atoms with Gasteiger partial charge in [-0.2, -0.15) is 0 Å². The van der Waals surface area contributed by atoms with E-state index in [1.807, 2.05) is 30.3 Å². The Labute approximate surface area is 198 Å². The lowest BCUT2D eigenvalue weighted by molar-refractivity contribution is -0.154. The molecule has 0 aromatic heterocycles. The molecule has 2 aromatic carbocycles. The molecule has 3 aliphatic rings. The minimum atomic E-state index is -0.926. The molecule has 34 heavy (non-hydrogen) atoms. The molecule has 1 N–H and O–H groups in total. The Morgan fingerprint density at radius 2 is 1.59 bits per heavy atom. The van der Waals surface area contributed by atoms with Crippen molar-refractivity contribution in [2.75, 3.05) is 13.1 Å². The van der Waals surface area contributed by atoms with E-state index < -0.39 is 23.8 Å². The molecule has 1 fully saturated rings. The van der Waals surface area contributed by atoms with Gasteiger partial charge in [-0.3, -0.25) is 24.1 Å². The number of carboxylic acid groups (broad SMARTS) is 1. The molecule has 5 rings (SSSR count). The summed E-state index contributed by atoms with van der Waals surface area (Å²) in [6, 6.07) is 14.4. The van der Waals surface area contributed by atoms with Gasteiger partial charge in [0.25, 0.3) is 5.91 Å². The summed E-state index contributed by atoms with van der Waals surface area (Å²) in [4.78, 5) is 54.9. The summed E-state index contributed by atoms with van der Waals surface area (Å²) in [5.74, 6) is -2.99. The Hall–Kier alpha value is -3.48. The van der Waals surface area contributed by atoms with E-state index in [2.05, 4.69) is 0 Å². The Kier molecular flexibility index (Phi) is 5.94. The third kappa shape index (κ3) is 3.89. The summed E-state index contributed by atoms with van der Waals surface area (Å²) >= 11 is 0. The monoisotopic (exact) mass is 460 g/mol. The number of hydrogen-bond donors (Lipinski definition) is 1. The van der Waals surface area contributed by atoms with Gasteiger partial charge in [-0.15, -0.1) is 0 Å². The van der Waals surface area contributed by atoms with Gasteiger partial charge in [0, 0.05) is 12.1 Å². The molecule has 1 aliphatic carbocycles. The van der Waals surface area contributed by atoms with Crippen LogP contribution in [0.4, 0.5) is 0 Å². The van der Waals surface area contributed by atoms with E-state index in [1.165, 1.54) is 4.90 Å². The van der Waals surface area contributed by atoms with Gasteiger partial charge in [-0.05, 0) is 42.0 Å². The fourth-order valence-corrected chi connectivity index (χ4v) is 5.81. The molecule has 2 aliphatic heterocycles. The van der Waals surface area contributed by atoms with Crippen LogP contribution in [-0.2, 0) is 27.2 Å². The predicted molar refractivity (Wildman–Crippen MR) is 124 cm³/mol. The lowest BCUT2D eigenvalue weighted by atomic mass is 9.77. The molecule has 2 heterocycles. The van der Waals surface area contributed by atoms with Gasteiger partial charge < -0.3 is 10.0 Å². The van der Waals surface area contributed by atoms with E-state index in [4.69, 9.17) is 0 Å². The van der Waals surface area contributed by atoms with Crippen molar-refractivity contribution in [3.05, 3.63) is 70.8 Å². The van der Waals surface area contributed by atoms with Crippen molar-refractivity contribution in [2.45, 2.75) is 44.6 Å². The van der Waals surface area contributed by atoms with Crippen LogP contribution < -0.4 is 0 Å². The summed E-state index contributed by atoms with van der Waals surface area (Å²) in [5.41, 5.74) is 3.25. The maximum absolute atomic E-state index is 13.8. The Morgan fingerprint density at radius 3 is 2.35 bits per heavy atom. The molecule has 7 heteroatoms. The maximum Gasteiger partial charge on any atom is 0.307 e. The average Bonchev–Trinajstić information content (AvgIpc) is 2.86. The molecule has 176 valence electrons. The third-order valence-corrected chi connectivity index (χ3v) is 7.59. The van der Waals surface area contributed by atoms with E-state index in [-0.39, 0.29) is 30.7 Å². The van der Waals surface area contributed by atoms with Crippen molar-refractivity contribution in [3.63, 3.8) is 0 Å². The number of benzene rings is 2. The highest BCUT2D eigenvalue weighted by Crippen LogP contribution is 2.37. The quantitative estimate of drug-likeness (QED) is 0.707. The van der Waals surface area contributed by atoms with Gasteiger partial charge in [0.2, 0.25) is 11.8 Å². The van der Waals surface area contributed by atoms with Gasteiger partial charge in [0.1, 0.15) is 0 Å². The first-order chi connectivity index (χ1) is 16.5. The molecule has 0 radical (unpaired) electrons. The molecule has 3 amide bonds. The van der Waals surface area contributed by atoms with Crippen molar-refractivity contribution in [1.82, 2.24) is 9.80 Å². The average molecular weight is 461 g/mol. The van der Waals surface area contributed by atoms with Crippen molar-refractivity contribution in [3.8, 4) is 0 Å². The summed E-state index contributed by atoms with van der Waals surface area (Å²) in [6.45, 7) is 0.509. The van der Waals surface area contributed by atoms with Crippen molar-refractivity contribution in [1.29, 1.82) is 0 Å². The minimum absolute atomic E-state index is 0.0687. The molecule has 1 saturated carbocycles. The number of carboxylic acids is 1. The van der Waals surface area contributed by atoms with Gasteiger partial charge in [-0.25, -0.2) is 0 Å². The van der Waals surface area contributed by atoms with Crippen LogP contribution in [0.15, 0.2) is 48.5 Å². The van der Waals surface area contributed by atoms with Crippen molar-refractivity contribution in [2.24, 2.45) is 11.8 Å². The van der Waals surface area contributed by atoms with Crippen LogP contribution in [0.5, 0.6) is 0 Å². The molecule has 2 aromatic rings. The van der Waals surface area contributed by atoms with E-state index in [1.54, 1.807) is 23.1 Å². The number of rotatable bonds is 4.